The molecule has 1 heterocycles. The Morgan fingerprint density at radius 3 is 2.49 bits per heavy atom. The Hall–Kier alpha value is -3.39. The van der Waals surface area contributed by atoms with Crippen LogP contribution in [0.4, 0.5) is 4.39 Å². The number of halogens is 1. The van der Waals surface area contributed by atoms with Crippen molar-refractivity contribution >= 4 is 33.4 Å². The Kier molecular flexibility index (Phi) is 10.1. The number of nitrogens with zero attached hydrogens (tertiary/aromatic N) is 3. The average Bonchev–Trinajstić information content (AvgIpc) is 3.27. The smallest absolute Gasteiger partial charge is 0.303 e. The highest BCUT2D eigenvalue weighted by Gasteiger charge is 2.28. The number of hydrogen-bond acceptors (Lipinski definition) is 8. The minimum Gasteiger partial charge on any atom is -0.497 e. The first-order chi connectivity index (χ1) is 18.4. The standard InChI is InChI=1S/C26H31FN4O6S2/c1-17-23(25(33)29-39(35,36)30(2)3)28-22(38-17)16-31(14-8-11-18-9-6-5-7-10-18)26(34)24(32)20-13-12-19(37-4)15-21(20)27/h5-7,9-10,12-13,15,24,32H,8,11,14,16H2,1-4H3,(H,29,33). The van der Waals surface area contributed by atoms with Crippen molar-refractivity contribution < 1.29 is 32.2 Å². The van der Waals surface area contributed by atoms with E-state index in [4.69, 9.17) is 4.74 Å². The summed E-state index contributed by atoms with van der Waals surface area (Å²) in [6.45, 7) is 1.76. The van der Waals surface area contributed by atoms with Crippen molar-refractivity contribution in [1.82, 2.24) is 18.9 Å². The van der Waals surface area contributed by atoms with Gasteiger partial charge in [-0.1, -0.05) is 30.3 Å². The summed E-state index contributed by atoms with van der Waals surface area (Å²) in [6, 6.07) is 13.5. The van der Waals surface area contributed by atoms with Crippen LogP contribution in [0.1, 0.15) is 44.0 Å². The highest BCUT2D eigenvalue weighted by Crippen LogP contribution is 2.26. The van der Waals surface area contributed by atoms with Gasteiger partial charge in [-0.15, -0.1) is 11.3 Å². The van der Waals surface area contributed by atoms with Gasteiger partial charge in [0.15, 0.2) is 6.10 Å². The number of rotatable bonds is 12. The maximum Gasteiger partial charge on any atom is 0.303 e. The van der Waals surface area contributed by atoms with Crippen molar-refractivity contribution in [3.05, 3.63) is 81.1 Å². The van der Waals surface area contributed by atoms with Crippen molar-refractivity contribution in [2.24, 2.45) is 0 Å². The molecule has 39 heavy (non-hydrogen) atoms. The molecule has 0 fully saturated rings. The van der Waals surface area contributed by atoms with Crippen LogP contribution in [0.5, 0.6) is 5.75 Å². The quantitative estimate of drug-likeness (QED) is 0.338. The van der Waals surface area contributed by atoms with E-state index in [1.165, 1.54) is 38.2 Å². The van der Waals surface area contributed by atoms with Crippen molar-refractivity contribution in [2.75, 3.05) is 27.7 Å². The maximum atomic E-state index is 14.6. The van der Waals surface area contributed by atoms with Gasteiger partial charge < -0.3 is 14.7 Å². The number of methoxy groups -OCH3 is 1. The van der Waals surface area contributed by atoms with Crippen molar-refractivity contribution in [2.45, 2.75) is 32.4 Å². The lowest BCUT2D eigenvalue weighted by Gasteiger charge is -2.25. The lowest BCUT2D eigenvalue weighted by Crippen LogP contribution is -2.39. The van der Waals surface area contributed by atoms with E-state index in [0.29, 0.717) is 22.7 Å². The third-order valence-electron chi connectivity index (χ3n) is 5.87. The molecule has 0 bridgehead atoms. The fraction of sp³-hybridized carbons (Fsp3) is 0.346. The molecule has 3 aromatic rings. The minimum atomic E-state index is -4.02. The third-order valence-corrected chi connectivity index (χ3v) is 8.23. The van der Waals surface area contributed by atoms with Crippen LogP contribution in [0.15, 0.2) is 48.5 Å². The van der Waals surface area contributed by atoms with E-state index in [1.807, 2.05) is 35.1 Å². The second-order valence-electron chi connectivity index (χ2n) is 8.87. The Bertz CT molecular complexity index is 1410. The van der Waals surface area contributed by atoms with Gasteiger partial charge in [-0.3, -0.25) is 9.59 Å². The number of hydrogen-bond donors (Lipinski definition) is 2. The van der Waals surface area contributed by atoms with Gasteiger partial charge in [-0.05, 0) is 37.5 Å². The number of aliphatic hydroxyl groups excluding tert-OH is 1. The zero-order chi connectivity index (χ0) is 28.7. The number of ether oxygens (including phenoxy) is 1. The van der Waals surface area contributed by atoms with E-state index >= 15 is 0 Å². The van der Waals surface area contributed by atoms with E-state index in [1.54, 1.807) is 6.92 Å². The number of aryl methyl sites for hydroxylation is 2. The van der Waals surface area contributed by atoms with E-state index in [2.05, 4.69) is 4.98 Å². The first-order valence-corrected chi connectivity index (χ1v) is 14.2. The van der Waals surface area contributed by atoms with Crippen molar-refractivity contribution in [3.8, 4) is 5.75 Å². The Morgan fingerprint density at radius 2 is 1.87 bits per heavy atom. The SMILES string of the molecule is COc1ccc(C(O)C(=O)N(CCCc2ccccc2)Cc2nc(C(=O)NS(=O)(=O)N(C)C)c(C)s2)c(F)c1. The molecule has 0 saturated carbocycles. The first kappa shape index (κ1) is 30.2. The number of benzene rings is 2. The summed E-state index contributed by atoms with van der Waals surface area (Å²) in [5.41, 5.74) is 0.787. The molecule has 0 saturated heterocycles. The number of nitrogens with one attached hydrogen (secondary N) is 1. The van der Waals surface area contributed by atoms with Crippen LogP contribution >= 0.6 is 11.3 Å². The highest BCUT2D eigenvalue weighted by molar-refractivity contribution is 7.87. The first-order valence-electron chi connectivity index (χ1n) is 12.0. The highest BCUT2D eigenvalue weighted by atomic mass is 32.2. The van der Waals surface area contributed by atoms with Gasteiger partial charge in [0.1, 0.15) is 22.3 Å². The summed E-state index contributed by atoms with van der Waals surface area (Å²) in [5.74, 6) is -2.17. The molecule has 0 spiro atoms. The van der Waals surface area contributed by atoms with Crippen LogP contribution in [0.2, 0.25) is 0 Å². The molecule has 10 nitrogen and oxygen atoms in total. The van der Waals surface area contributed by atoms with E-state index < -0.39 is 33.9 Å². The number of carbonyl (C=O) groups is 2. The average molecular weight is 579 g/mol. The fourth-order valence-electron chi connectivity index (χ4n) is 3.70. The summed E-state index contributed by atoms with van der Waals surface area (Å²) >= 11 is 1.12. The molecule has 2 N–H and O–H groups in total. The van der Waals surface area contributed by atoms with Crippen LogP contribution in [-0.4, -0.2) is 67.3 Å². The molecule has 13 heteroatoms. The van der Waals surface area contributed by atoms with E-state index in [0.717, 1.165) is 27.3 Å². The van der Waals surface area contributed by atoms with Crippen LogP contribution in [0.25, 0.3) is 0 Å². The second-order valence-corrected chi connectivity index (χ2v) is 12.0. The number of amides is 2. The molecule has 0 aliphatic heterocycles. The number of thiazole rings is 1. The summed E-state index contributed by atoms with van der Waals surface area (Å²) in [5, 5.41) is 11.2. The lowest BCUT2D eigenvalue weighted by molar-refractivity contribution is -0.141. The predicted octanol–water partition coefficient (Wildman–Crippen LogP) is 2.83. The molecular weight excluding hydrogens is 547 g/mol. The molecule has 1 atom stereocenters. The van der Waals surface area contributed by atoms with Gasteiger partial charge in [0.25, 0.3) is 11.8 Å². The lowest BCUT2D eigenvalue weighted by atomic mass is 10.1. The Morgan fingerprint density at radius 1 is 1.18 bits per heavy atom. The molecule has 2 amide bonds. The van der Waals surface area contributed by atoms with Crippen LogP contribution in [0.3, 0.4) is 0 Å². The van der Waals surface area contributed by atoms with E-state index in [9.17, 15) is 27.5 Å². The van der Waals surface area contributed by atoms with Gasteiger partial charge in [-0.2, -0.15) is 12.7 Å². The third kappa shape index (κ3) is 7.82. The summed E-state index contributed by atoms with van der Waals surface area (Å²) in [7, 11) is -0.0775. The molecule has 1 unspecified atom stereocenters. The Labute approximate surface area is 231 Å². The molecular formula is C26H31FN4O6S2. The summed E-state index contributed by atoms with van der Waals surface area (Å²) in [6.07, 6.45) is -0.571. The monoisotopic (exact) mass is 578 g/mol. The van der Waals surface area contributed by atoms with E-state index in [-0.39, 0.29) is 30.1 Å². The topological polar surface area (TPSA) is 129 Å². The molecule has 2 aromatic carbocycles. The van der Waals surface area contributed by atoms with Crippen molar-refractivity contribution in [1.29, 1.82) is 0 Å². The zero-order valence-corrected chi connectivity index (χ0v) is 23.7. The van der Waals surface area contributed by atoms with Crippen LogP contribution in [0, 0.1) is 12.7 Å². The fourth-order valence-corrected chi connectivity index (χ4v) is 5.16. The van der Waals surface area contributed by atoms with Gasteiger partial charge in [0.05, 0.1) is 13.7 Å². The molecule has 0 aliphatic carbocycles. The van der Waals surface area contributed by atoms with Gasteiger partial charge in [0.2, 0.25) is 0 Å². The van der Waals surface area contributed by atoms with Gasteiger partial charge in [0, 0.05) is 37.1 Å². The summed E-state index contributed by atoms with van der Waals surface area (Å²) in [4.78, 5) is 32.0. The normalized spacial score (nSPS) is 12.3. The number of carbonyl (C=O) groups excluding carboxylic acids is 2. The predicted molar refractivity (Wildman–Crippen MR) is 145 cm³/mol. The number of aliphatic hydroxyl groups is 1. The van der Waals surface area contributed by atoms with Crippen LogP contribution in [-0.2, 0) is 28.0 Å². The number of aromatic nitrogens is 1. The molecule has 0 radical (unpaired) electrons. The maximum absolute atomic E-state index is 14.6. The molecule has 0 aliphatic rings. The molecule has 210 valence electrons. The van der Waals surface area contributed by atoms with Crippen molar-refractivity contribution in [3.63, 3.8) is 0 Å². The Balaban J connectivity index is 1.83. The van der Waals surface area contributed by atoms with Crippen LogP contribution < -0.4 is 9.46 Å². The minimum absolute atomic E-state index is 0.0678. The molecule has 3 rings (SSSR count). The van der Waals surface area contributed by atoms with Gasteiger partial charge in [-0.25, -0.2) is 14.1 Å². The zero-order valence-electron chi connectivity index (χ0n) is 22.0. The van der Waals surface area contributed by atoms with Gasteiger partial charge >= 0.3 is 10.2 Å². The molecule has 1 aromatic heterocycles. The largest absolute Gasteiger partial charge is 0.497 e. The second kappa shape index (κ2) is 13.1. The summed E-state index contributed by atoms with van der Waals surface area (Å²) < 4.78 is 46.5.